The van der Waals surface area contributed by atoms with Crippen molar-refractivity contribution in [3.05, 3.63) is 83.7 Å². The van der Waals surface area contributed by atoms with Crippen LogP contribution in [0.15, 0.2) is 71.9 Å². The molecule has 9 heteroatoms. The molecule has 0 atom stereocenters. The van der Waals surface area contributed by atoms with E-state index in [1.807, 2.05) is 18.2 Å². The highest BCUT2D eigenvalue weighted by Crippen LogP contribution is 2.28. The number of benzene rings is 2. The summed E-state index contributed by atoms with van der Waals surface area (Å²) in [5.41, 5.74) is 2.18. The van der Waals surface area contributed by atoms with Crippen molar-refractivity contribution in [3.8, 4) is 11.5 Å². The van der Waals surface area contributed by atoms with Crippen molar-refractivity contribution in [3.63, 3.8) is 0 Å². The van der Waals surface area contributed by atoms with Gasteiger partial charge in [0.2, 0.25) is 10.0 Å². The Bertz CT molecular complexity index is 1130. The predicted molar refractivity (Wildman–Crippen MR) is 115 cm³/mol. The third kappa shape index (κ3) is 5.80. The summed E-state index contributed by atoms with van der Waals surface area (Å²) in [5, 5.41) is 2.81. The standard InChI is InChI=1S/C22H23N3O5S/c1-23-31(27,28)19-6-4-18(5-7-19)22(26)25-14-17-3-8-20(21(13-17)29-2)30-15-16-9-11-24-12-10-16/h3-13,23H,14-15H2,1-2H3,(H,25,26). The molecule has 1 amide bonds. The highest BCUT2D eigenvalue weighted by atomic mass is 32.2. The number of carbonyl (C=O) groups excluding carboxylic acids is 1. The van der Waals surface area contributed by atoms with Gasteiger partial charge in [-0.3, -0.25) is 9.78 Å². The molecule has 31 heavy (non-hydrogen) atoms. The summed E-state index contributed by atoms with van der Waals surface area (Å²) in [6.07, 6.45) is 3.41. The first-order valence-electron chi connectivity index (χ1n) is 9.43. The van der Waals surface area contributed by atoms with Gasteiger partial charge in [0.05, 0.1) is 12.0 Å². The van der Waals surface area contributed by atoms with Crippen molar-refractivity contribution in [1.82, 2.24) is 15.0 Å². The monoisotopic (exact) mass is 441 g/mol. The molecule has 1 heterocycles. The number of ether oxygens (including phenoxy) is 2. The zero-order chi connectivity index (χ0) is 22.3. The maximum absolute atomic E-state index is 12.4. The molecule has 162 valence electrons. The van der Waals surface area contributed by atoms with E-state index in [2.05, 4.69) is 15.0 Å². The van der Waals surface area contributed by atoms with Gasteiger partial charge in [0.25, 0.3) is 5.91 Å². The van der Waals surface area contributed by atoms with Gasteiger partial charge in [0.1, 0.15) is 6.61 Å². The maximum atomic E-state index is 12.4. The Morgan fingerprint density at radius 1 is 0.968 bits per heavy atom. The first kappa shape index (κ1) is 22.3. The van der Waals surface area contributed by atoms with Crippen molar-refractivity contribution in [2.24, 2.45) is 0 Å². The third-order valence-corrected chi connectivity index (χ3v) is 5.95. The number of nitrogens with one attached hydrogen (secondary N) is 2. The molecule has 0 unspecified atom stereocenters. The maximum Gasteiger partial charge on any atom is 0.251 e. The van der Waals surface area contributed by atoms with Crippen molar-refractivity contribution in [2.45, 2.75) is 18.0 Å². The summed E-state index contributed by atoms with van der Waals surface area (Å²) in [7, 11) is -0.655. The van der Waals surface area contributed by atoms with E-state index in [1.165, 1.54) is 31.3 Å². The molecule has 3 aromatic rings. The minimum Gasteiger partial charge on any atom is -0.493 e. The number of amides is 1. The number of rotatable bonds is 9. The molecule has 0 saturated carbocycles. The van der Waals surface area contributed by atoms with Gasteiger partial charge in [-0.2, -0.15) is 0 Å². The summed E-state index contributed by atoms with van der Waals surface area (Å²) in [6, 6.07) is 14.9. The molecule has 0 aliphatic heterocycles. The number of pyridine rings is 1. The van der Waals surface area contributed by atoms with Gasteiger partial charge in [-0.1, -0.05) is 6.07 Å². The average molecular weight is 442 g/mol. The Hall–Kier alpha value is -3.43. The second-order valence-corrected chi connectivity index (χ2v) is 8.43. The molecule has 0 spiro atoms. The van der Waals surface area contributed by atoms with E-state index in [-0.39, 0.29) is 17.3 Å². The van der Waals surface area contributed by atoms with Crippen LogP contribution in [0.5, 0.6) is 11.5 Å². The quantitative estimate of drug-likeness (QED) is 0.528. The minimum absolute atomic E-state index is 0.0960. The highest BCUT2D eigenvalue weighted by Gasteiger charge is 2.13. The highest BCUT2D eigenvalue weighted by molar-refractivity contribution is 7.89. The van der Waals surface area contributed by atoms with Crippen molar-refractivity contribution >= 4 is 15.9 Å². The molecule has 0 aliphatic carbocycles. The lowest BCUT2D eigenvalue weighted by atomic mass is 10.1. The predicted octanol–water partition coefficient (Wildman–Crippen LogP) is 2.51. The fraction of sp³-hybridized carbons (Fsp3) is 0.182. The van der Waals surface area contributed by atoms with Crippen LogP contribution in [0.25, 0.3) is 0 Å². The molecule has 0 fully saturated rings. The first-order chi connectivity index (χ1) is 14.9. The number of aromatic nitrogens is 1. The van der Waals surface area contributed by atoms with Crippen LogP contribution in [-0.4, -0.2) is 33.5 Å². The van der Waals surface area contributed by atoms with Crippen molar-refractivity contribution < 1.29 is 22.7 Å². The Labute approximate surface area is 181 Å². The largest absolute Gasteiger partial charge is 0.493 e. The lowest BCUT2D eigenvalue weighted by molar-refractivity contribution is 0.0950. The SMILES string of the molecule is CNS(=O)(=O)c1ccc(C(=O)NCc2ccc(OCc3ccncc3)c(OC)c2)cc1. The van der Waals surface area contributed by atoms with E-state index in [4.69, 9.17) is 9.47 Å². The van der Waals surface area contributed by atoms with Crippen LogP contribution in [0.2, 0.25) is 0 Å². The normalized spacial score (nSPS) is 11.0. The minimum atomic E-state index is -3.54. The molecule has 3 rings (SSSR count). The van der Waals surface area contributed by atoms with Gasteiger partial charge in [-0.05, 0) is 66.7 Å². The summed E-state index contributed by atoms with van der Waals surface area (Å²) >= 11 is 0. The molecule has 1 aromatic heterocycles. The summed E-state index contributed by atoms with van der Waals surface area (Å²) in [4.78, 5) is 16.5. The van der Waals surface area contributed by atoms with E-state index >= 15 is 0 Å². The Morgan fingerprint density at radius 3 is 2.32 bits per heavy atom. The molecule has 2 aromatic carbocycles. The van der Waals surface area contributed by atoms with Gasteiger partial charge in [-0.25, -0.2) is 13.1 Å². The number of carbonyl (C=O) groups is 1. The van der Waals surface area contributed by atoms with Gasteiger partial charge in [-0.15, -0.1) is 0 Å². The lowest BCUT2D eigenvalue weighted by Gasteiger charge is -2.13. The third-order valence-electron chi connectivity index (χ3n) is 4.52. The zero-order valence-corrected chi connectivity index (χ0v) is 18.0. The van der Waals surface area contributed by atoms with Gasteiger partial charge in [0.15, 0.2) is 11.5 Å². The van der Waals surface area contributed by atoms with Crippen LogP contribution in [0.4, 0.5) is 0 Å². The Balaban J connectivity index is 1.61. The van der Waals surface area contributed by atoms with Crippen LogP contribution in [0, 0.1) is 0 Å². The molecule has 0 aliphatic rings. The first-order valence-corrected chi connectivity index (χ1v) is 10.9. The Morgan fingerprint density at radius 2 is 1.68 bits per heavy atom. The second kappa shape index (κ2) is 10.1. The van der Waals surface area contributed by atoms with Crippen LogP contribution >= 0.6 is 0 Å². The van der Waals surface area contributed by atoms with E-state index in [0.717, 1.165) is 11.1 Å². The summed E-state index contributed by atoms with van der Waals surface area (Å²) in [5.74, 6) is 0.837. The smallest absolute Gasteiger partial charge is 0.251 e. The number of hydrogen-bond donors (Lipinski definition) is 2. The van der Waals surface area contributed by atoms with Crippen LogP contribution in [-0.2, 0) is 23.2 Å². The van der Waals surface area contributed by atoms with E-state index in [0.29, 0.717) is 23.7 Å². The molecule has 2 N–H and O–H groups in total. The average Bonchev–Trinajstić information content (AvgIpc) is 2.82. The van der Waals surface area contributed by atoms with E-state index in [1.54, 1.807) is 31.6 Å². The van der Waals surface area contributed by atoms with Gasteiger partial charge < -0.3 is 14.8 Å². The van der Waals surface area contributed by atoms with Crippen LogP contribution < -0.4 is 19.5 Å². The van der Waals surface area contributed by atoms with Crippen LogP contribution in [0.1, 0.15) is 21.5 Å². The summed E-state index contributed by atoms with van der Waals surface area (Å²) < 4.78 is 37.0. The fourth-order valence-corrected chi connectivity index (χ4v) is 3.50. The molecular formula is C22H23N3O5S. The second-order valence-electron chi connectivity index (χ2n) is 6.54. The Kier molecular flexibility index (Phi) is 7.22. The molecule has 0 saturated heterocycles. The molecule has 0 radical (unpaired) electrons. The number of nitrogens with zero attached hydrogens (tertiary/aromatic N) is 1. The fourth-order valence-electron chi connectivity index (χ4n) is 2.77. The summed E-state index contributed by atoms with van der Waals surface area (Å²) in [6.45, 7) is 0.657. The lowest BCUT2D eigenvalue weighted by Crippen LogP contribution is -2.23. The van der Waals surface area contributed by atoms with Crippen LogP contribution in [0.3, 0.4) is 0 Å². The van der Waals surface area contributed by atoms with Crippen molar-refractivity contribution in [1.29, 1.82) is 0 Å². The molecular weight excluding hydrogens is 418 g/mol. The van der Waals surface area contributed by atoms with Gasteiger partial charge in [0, 0.05) is 24.5 Å². The van der Waals surface area contributed by atoms with E-state index in [9.17, 15) is 13.2 Å². The zero-order valence-electron chi connectivity index (χ0n) is 17.2. The van der Waals surface area contributed by atoms with Gasteiger partial charge >= 0.3 is 0 Å². The number of hydrogen-bond acceptors (Lipinski definition) is 6. The number of sulfonamides is 1. The molecule has 0 bridgehead atoms. The van der Waals surface area contributed by atoms with E-state index < -0.39 is 10.0 Å². The van der Waals surface area contributed by atoms with Crippen molar-refractivity contribution in [2.75, 3.05) is 14.2 Å². The number of methoxy groups -OCH3 is 1. The molecule has 8 nitrogen and oxygen atoms in total. The topological polar surface area (TPSA) is 107 Å².